The third kappa shape index (κ3) is 1.87. The Morgan fingerprint density at radius 2 is 2.36 bits per heavy atom. The summed E-state index contributed by atoms with van der Waals surface area (Å²) in [4.78, 5) is 0. The van der Waals surface area contributed by atoms with E-state index in [0.717, 1.165) is 25.1 Å². The quantitative estimate of drug-likeness (QED) is 0.779. The molecule has 0 fully saturated rings. The first-order chi connectivity index (χ1) is 6.77. The lowest BCUT2D eigenvalue weighted by Gasteiger charge is -2.20. The van der Waals surface area contributed by atoms with Crippen LogP contribution in [0.1, 0.15) is 18.1 Å². The Bertz CT molecular complexity index is 325. The van der Waals surface area contributed by atoms with Gasteiger partial charge in [-0.05, 0) is 24.6 Å². The molecule has 0 spiro atoms. The zero-order valence-corrected chi connectivity index (χ0v) is 8.22. The van der Waals surface area contributed by atoms with Crippen LogP contribution in [0.15, 0.2) is 18.2 Å². The fourth-order valence-corrected chi connectivity index (χ4v) is 1.78. The zero-order chi connectivity index (χ0) is 9.97. The molecule has 1 atom stereocenters. The molecule has 0 aliphatic carbocycles. The summed E-state index contributed by atoms with van der Waals surface area (Å²) in [5.74, 6) is 0.694. The van der Waals surface area contributed by atoms with Crippen molar-refractivity contribution in [1.29, 1.82) is 0 Å². The second-order valence-corrected chi connectivity index (χ2v) is 3.48. The number of halogens is 1. The molecule has 0 radical (unpaired) electrons. The van der Waals surface area contributed by atoms with Gasteiger partial charge in [-0.3, -0.25) is 0 Å². The third-order valence-corrected chi connectivity index (χ3v) is 2.39. The Balaban J connectivity index is 2.30. The molecule has 0 aromatic heterocycles. The fraction of sp³-hybridized carbons (Fsp3) is 0.455. The van der Waals surface area contributed by atoms with Gasteiger partial charge in [-0.15, -0.1) is 0 Å². The highest BCUT2D eigenvalue weighted by atomic mass is 19.1. The van der Waals surface area contributed by atoms with Crippen LogP contribution in [0, 0.1) is 0 Å². The van der Waals surface area contributed by atoms with Crippen molar-refractivity contribution in [3.8, 4) is 5.75 Å². The van der Waals surface area contributed by atoms with Gasteiger partial charge in [-0.25, -0.2) is 4.39 Å². The average molecular weight is 195 g/mol. The summed E-state index contributed by atoms with van der Waals surface area (Å²) < 4.78 is 17.8. The Morgan fingerprint density at radius 1 is 1.50 bits per heavy atom. The Hall–Kier alpha value is -1.09. The number of hydrogen-bond donors (Lipinski definition) is 1. The van der Waals surface area contributed by atoms with E-state index in [9.17, 15) is 4.39 Å². The van der Waals surface area contributed by atoms with Crippen LogP contribution in [-0.4, -0.2) is 12.9 Å². The van der Waals surface area contributed by atoms with Crippen LogP contribution in [0.3, 0.4) is 0 Å². The molecule has 0 bridgehead atoms. The summed E-state index contributed by atoms with van der Waals surface area (Å²) in [7, 11) is 0. The molecule has 1 aromatic rings. The first-order valence-corrected chi connectivity index (χ1v) is 4.89. The predicted octanol–water partition coefficient (Wildman–Crippen LogP) is 2.03. The number of fused-ring (bicyclic) bond motifs is 1. The van der Waals surface area contributed by atoms with Crippen molar-refractivity contribution in [2.24, 2.45) is 0 Å². The van der Waals surface area contributed by atoms with Crippen LogP contribution in [0.5, 0.6) is 5.75 Å². The van der Waals surface area contributed by atoms with Crippen molar-refractivity contribution in [2.45, 2.75) is 26.2 Å². The summed E-state index contributed by atoms with van der Waals surface area (Å²) in [6, 6.07) is 5.79. The minimum atomic E-state index is -1.24. The van der Waals surface area contributed by atoms with Gasteiger partial charge in [0.15, 0.2) is 0 Å². The van der Waals surface area contributed by atoms with Crippen LogP contribution >= 0.6 is 0 Å². The van der Waals surface area contributed by atoms with Gasteiger partial charge in [-0.2, -0.15) is 0 Å². The monoisotopic (exact) mass is 195 g/mol. The summed E-state index contributed by atoms with van der Waals surface area (Å²) in [5, 5.41) is 3.27. The van der Waals surface area contributed by atoms with E-state index in [1.807, 2.05) is 12.1 Å². The predicted molar refractivity (Wildman–Crippen MR) is 53.1 cm³/mol. The zero-order valence-electron chi connectivity index (χ0n) is 8.22. The number of rotatable bonds is 2. The molecule has 14 heavy (non-hydrogen) atoms. The first kappa shape index (κ1) is 9.46. The van der Waals surface area contributed by atoms with E-state index in [4.69, 9.17) is 4.74 Å². The van der Waals surface area contributed by atoms with Gasteiger partial charge < -0.3 is 10.1 Å². The van der Waals surface area contributed by atoms with Crippen LogP contribution in [0.25, 0.3) is 0 Å². The standard InChI is InChI=1S/C11H14FNO/c1-8(12)14-11-4-2-3-9-7-13-6-5-10(9)11/h2-4,8,13H,5-7H2,1H3. The van der Waals surface area contributed by atoms with Gasteiger partial charge in [0.05, 0.1) is 0 Å². The van der Waals surface area contributed by atoms with E-state index in [-0.39, 0.29) is 0 Å². The van der Waals surface area contributed by atoms with Gasteiger partial charge in [0.25, 0.3) is 0 Å². The topological polar surface area (TPSA) is 21.3 Å². The van der Waals surface area contributed by atoms with Crippen LogP contribution in [0.4, 0.5) is 4.39 Å². The van der Waals surface area contributed by atoms with Crippen molar-refractivity contribution in [1.82, 2.24) is 5.32 Å². The summed E-state index contributed by atoms with van der Waals surface area (Å²) in [5.41, 5.74) is 2.37. The SMILES string of the molecule is CC(F)Oc1cccc2c1CCNC2. The maximum Gasteiger partial charge on any atom is 0.235 e. The highest BCUT2D eigenvalue weighted by Gasteiger charge is 2.14. The van der Waals surface area contributed by atoms with Crippen molar-refractivity contribution in [3.63, 3.8) is 0 Å². The van der Waals surface area contributed by atoms with Gasteiger partial charge in [-0.1, -0.05) is 12.1 Å². The molecule has 1 unspecified atom stereocenters. The smallest absolute Gasteiger partial charge is 0.235 e. The number of benzene rings is 1. The highest BCUT2D eigenvalue weighted by Crippen LogP contribution is 2.26. The van der Waals surface area contributed by atoms with Gasteiger partial charge in [0.1, 0.15) is 5.75 Å². The van der Waals surface area contributed by atoms with Crippen LogP contribution in [-0.2, 0) is 13.0 Å². The Labute approximate surface area is 83.1 Å². The van der Waals surface area contributed by atoms with Crippen molar-refractivity contribution in [3.05, 3.63) is 29.3 Å². The molecular formula is C11H14FNO. The first-order valence-electron chi connectivity index (χ1n) is 4.89. The van der Waals surface area contributed by atoms with Gasteiger partial charge >= 0.3 is 0 Å². The second-order valence-electron chi connectivity index (χ2n) is 3.48. The molecule has 3 heteroatoms. The second kappa shape index (κ2) is 3.96. The highest BCUT2D eigenvalue weighted by molar-refractivity contribution is 5.41. The minimum Gasteiger partial charge on any atom is -0.460 e. The lowest BCUT2D eigenvalue weighted by Crippen LogP contribution is -2.24. The third-order valence-electron chi connectivity index (χ3n) is 2.39. The minimum absolute atomic E-state index is 0.694. The lowest BCUT2D eigenvalue weighted by molar-refractivity contribution is 0.0846. The van der Waals surface area contributed by atoms with E-state index in [1.54, 1.807) is 0 Å². The largest absolute Gasteiger partial charge is 0.460 e. The maximum atomic E-state index is 12.7. The molecule has 2 nitrogen and oxygen atoms in total. The van der Waals surface area contributed by atoms with E-state index in [0.29, 0.717) is 5.75 Å². The summed E-state index contributed by atoms with van der Waals surface area (Å²) in [6.45, 7) is 3.20. The van der Waals surface area contributed by atoms with E-state index < -0.39 is 6.36 Å². The number of hydrogen-bond acceptors (Lipinski definition) is 2. The molecule has 0 saturated heterocycles. The van der Waals surface area contributed by atoms with Crippen LogP contribution in [0.2, 0.25) is 0 Å². The normalized spacial score (nSPS) is 17.3. The molecule has 1 heterocycles. The van der Waals surface area contributed by atoms with Crippen LogP contribution < -0.4 is 10.1 Å². The molecule has 1 aromatic carbocycles. The molecule has 2 rings (SSSR count). The molecule has 1 N–H and O–H groups in total. The van der Waals surface area contributed by atoms with Crippen molar-refractivity contribution in [2.75, 3.05) is 6.54 Å². The summed E-state index contributed by atoms with van der Waals surface area (Å²) in [6.07, 6.45) is -0.325. The fourth-order valence-electron chi connectivity index (χ4n) is 1.78. The van der Waals surface area contributed by atoms with Gasteiger partial charge in [0.2, 0.25) is 6.36 Å². The van der Waals surface area contributed by atoms with E-state index in [1.165, 1.54) is 12.5 Å². The average Bonchev–Trinajstić information content (AvgIpc) is 2.18. The van der Waals surface area contributed by atoms with E-state index in [2.05, 4.69) is 11.4 Å². The molecule has 0 saturated carbocycles. The number of nitrogens with one attached hydrogen (secondary N) is 1. The molecular weight excluding hydrogens is 181 g/mol. The molecule has 76 valence electrons. The van der Waals surface area contributed by atoms with Crippen molar-refractivity contribution >= 4 is 0 Å². The Kier molecular flexibility index (Phi) is 2.68. The Morgan fingerprint density at radius 3 is 3.14 bits per heavy atom. The maximum absolute atomic E-state index is 12.7. The molecule has 0 amide bonds. The summed E-state index contributed by atoms with van der Waals surface area (Å²) >= 11 is 0. The van der Waals surface area contributed by atoms with Gasteiger partial charge in [0, 0.05) is 19.0 Å². The number of ether oxygens (including phenoxy) is 1. The molecule has 1 aliphatic heterocycles. The number of alkyl halides is 1. The van der Waals surface area contributed by atoms with E-state index >= 15 is 0 Å². The molecule has 1 aliphatic rings. The van der Waals surface area contributed by atoms with Crippen molar-refractivity contribution < 1.29 is 9.13 Å². The lowest BCUT2D eigenvalue weighted by atomic mass is 10.0.